The minimum absolute atomic E-state index is 0.242. The molecule has 3 nitrogen and oxygen atoms in total. The number of rotatable bonds is 14. The van der Waals surface area contributed by atoms with Gasteiger partial charge in [0.15, 0.2) is 0 Å². The molecule has 0 aromatic carbocycles. The van der Waals surface area contributed by atoms with Crippen LogP contribution < -0.4 is 0 Å². The van der Waals surface area contributed by atoms with E-state index in [0.29, 0.717) is 11.8 Å². The van der Waals surface area contributed by atoms with Gasteiger partial charge in [0.2, 0.25) is 0 Å². The first kappa shape index (κ1) is 37.6. The molecule has 276 valence electrons. The first-order chi connectivity index (χ1) is 24.0. The summed E-state index contributed by atoms with van der Waals surface area (Å²) in [5.41, 5.74) is -0.0537. The van der Waals surface area contributed by atoms with Gasteiger partial charge in [0.25, 0.3) is 0 Å². The van der Waals surface area contributed by atoms with Crippen molar-refractivity contribution in [2.45, 2.75) is 166 Å². The first-order valence-corrected chi connectivity index (χ1v) is 21.4. The molecule has 49 heavy (non-hydrogen) atoms. The summed E-state index contributed by atoms with van der Waals surface area (Å²) in [5.74, 6) is 4.07. The maximum atomic E-state index is 6.60. The van der Waals surface area contributed by atoms with Crippen LogP contribution >= 0.6 is 0 Å². The zero-order chi connectivity index (χ0) is 34.2. The molecule has 0 N–H and O–H groups in total. The van der Waals surface area contributed by atoms with Crippen LogP contribution in [0.2, 0.25) is 0 Å². The minimum Gasteiger partial charge on any atom is -0.380 e. The molecule has 3 heteroatoms. The van der Waals surface area contributed by atoms with Crippen LogP contribution in [0.25, 0.3) is 0 Å². The molecule has 0 aliphatic heterocycles. The summed E-state index contributed by atoms with van der Waals surface area (Å²) in [7, 11) is 3.95. The lowest BCUT2D eigenvalue weighted by molar-refractivity contribution is -0.109. The molecule has 4 saturated carbocycles. The molecular weight excluding hydrogens is 601 g/mol. The van der Waals surface area contributed by atoms with E-state index in [2.05, 4.69) is 62.5 Å². The van der Waals surface area contributed by atoms with E-state index in [1.807, 2.05) is 14.2 Å². The third kappa shape index (κ3) is 7.67. The lowest BCUT2D eigenvalue weighted by Gasteiger charge is -2.56. The van der Waals surface area contributed by atoms with E-state index in [1.54, 1.807) is 0 Å². The van der Waals surface area contributed by atoms with Gasteiger partial charge >= 0.3 is 0 Å². The Labute approximate surface area is 302 Å². The normalized spacial score (nSPS) is 38.9. The van der Waals surface area contributed by atoms with Gasteiger partial charge in [-0.05, 0) is 75.0 Å². The lowest BCUT2D eigenvalue weighted by atomic mass is 9.52. The maximum Gasteiger partial charge on any atom is 0.110 e. The van der Waals surface area contributed by atoms with Gasteiger partial charge in [-0.3, -0.25) is 0 Å². The van der Waals surface area contributed by atoms with Gasteiger partial charge in [0.05, 0.1) is 13.2 Å². The van der Waals surface area contributed by atoms with Crippen LogP contribution in [-0.2, 0) is 14.2 Å². The van der Waals surface area contributed by atoms with E-state index in [9.17, 15) is 0 Å². The van der Waals surface area contributed by atoms with Gasteiger partial charge in [-0.1, -0.05) is 152 Å². The number of hydrogen-bond acceptors (Lipinski definition) is 3. The summed E-state index contributed by atoms with van der Waals surface area (Å²) in [6.07, 6.45) is 49.7. The van der Waals surface area contributed by atoms with Gasteiger partial charge < -0.3 is 14.2 Å². The van der Waals surface area contributed by atoms with Crippen LogP contribution in [0, 0.1) is 46.3 Å². The summed E-state index contributed by atoms with van der Waals surface area (Å²) >= 11 is 0. The van der Waals surface area contributed by atoms with Crippen LogP contribution in [0.15, 0.2) is 48.6 Å². The van der Waals surface area contributed by atoms with Crippen molar-refractivity contribution in [3.8, 4) is 0 Å². The fourth-order valence-electron chi connectivity index (χ4n) is 12.6. The maximum absolute atomic E-state index is 6.60. The summed E-state index contributed by atoms with van der Waals surface area (Å²) in [4.78, 5) is 0. The molecule has 6 aliphatic carbocycles. The summed E-state index contributed by atoms with van der Waals surface area (Å²) in [6, 6.07) is 0. The van der Waals surface area contributed by atoms with Crippen molar-refractivity contribution < 1.29 is 14.2 Å². The van der Waals surface area contributed by atoms with Crippen molar-refractivity contribution in [3.05, 3.63) is 48.6 Å². The highest BCUT2D eigenvalue weighted by Crippen LogP contribution is 2.59. The molecule has 0 aromatic rings. The number of hydrogen-bond donors (Lipinski definition) is 0. The Morgan fingerprint density at radius 3 is 1.14 bits per heavy atom. The van der Waals surface area contributed by atoms with E-state index < -0.39 is 0 Å². The fraction of sp³-hybridized carbons (Fsp3) is 0.826. The molecule has 6 rings (SSSR count). The second-order valence-electron chi connectivity index (χ2n) is 17.7. The zero-order valence-electron chi connectivity index (χ0n) is 32.3. The van der Waals surface area contributed by atoms with Crippen molar-refractivity contribution in [3.63, 3.8) is 0 Å². The number of methoxy groups -OCH3 is 2. The fourth-order valence-corrected chi connectivity index (χ4v) is 12.6. The van der Waals surface area contributed by atoms with Crippen LogP contribution in [0.5, 0.6) is 0 Å². The monoisotopic (exact) mass is 675 g/mol. The average molecular weight is 675 g/mol. The van der Waals surface area contributed by atoms with Crippen LogP contribution in [0.4, 0.5) is 0 Å². The topological polar surface area (TPSA) is 27.7 Å². The van der Waals surface area contributed by atoms with E-state index in [-0.39, 0.29) is 22.0 Å². The van der Waals surface area contributed by atoms with Gasteiger partial charge in [-0.25, -0.2) is 0 Å². The molecule has 0 unspecified atom stereocenters. The highest BCUT2D eigenvalue weighted by atomic mass is 16.5. The highest BCUT2D eigenvalue weighted by Gasteiger charge is 2.56. The lowest BCUT2D eigenvalue weighted by Crippen LogP contribution is -2.54. The van der Waals surface area contributed by atoms with E-state index >= 15 is 0 Å². The van der Waals surface area contributed by atoms with Gasteiger partial charge in [0.1, 0.15) is 11.2 Å². The van der Waals surface area contributed by atoms with E-state index in [0.717, 1.165) is 36.9 Å². The van der Waals surface area contributed by atoms with Crippen molar-refractivity contribution >= 4 is 0 Å². The predicted molar refractivity (Wildman–Crippen MR) is 206 cm³/mol. The van der Waals surface area contributed by atoms with Gasteiger partial charge in [-0.15, -0.1) is 0 Å². The smallest absolute Gasteiger partial charge is 0.110 e. The van der Waals surface area contributed by atoms with Crippen molar-refractivity contribution in [1.82, 2.24) is 0 Å². The second-order valence-corrected chi connectivity index (χ2v) is 17.7. The molecule has 0 saturated heterocycles. The second kappa shape index (κ2) is 17.1. The summed E-state index contributed by atoms with van der Waals surface area (Å²) in [6.45, 7) is 6.18. The Bertz CT molecular complexity index is 1000. The molecule has 0 heterocycles. The van der Waals surface area contributed by atoms with Crippen LogP contribution in [0.3, 0.4) is 0 Å². The molecule has 0 amide bonds. The Kier molecular flexibility index (Phi) is 13.1. The third-order valence-corrected chi connectivity index (χ3v) is 15.4. The Morgan fingerprint density at radius 2 is 0.837 bits per heavy atom. The highest BCUT2D eigenvalue weighted by molar-refractivity contribution is 5.31. The zero-order valence-corrected chi connectivity index (χ0v) is 32.3. The van der Waals surface area contributed by atoms with Crippen molar-refractivity contribution in [1.29, 1.82) is 0 Å². The molecular formula is C46H74O3. The Balaban J connectivity index is 1.06. The molecule has 6 aliphatic rings. The van der Waals surface area contributed by atoms with E-state index in [1.165, 1.54) is 141 Å². The van der Waals surface area contributed by atoms with Crippen molar-refractivity contribution in [2.75, 3.05) is 27.4 Å². The SMILES string of the molecule is CCC[C@H]1CC[C@H](C2([C@]3(OC)C=C[C@H](COC[C@H]4C=C[C@@](OC)(C5([C@H]6CC[C@H](CCC)CC6)CCCCC5)C=C4)C=C3)CCCCC2)CC1. The molecule has 0 radical (unpaired) electrons. The average Bonchev–Trinajstić information content (AvgIpc) is 3.17. The molecule has 0 spiro atoms. The molecule has 4 fully saturated rings. The number of ether oxygens (including phenoxy) is 3. The Hall–Kier alpha value is -1.16. The standard InChI is InChI=1S/C46H74O3/c1-5-13-37-15-19-41(20-16-37)43(27-9-7-10-28-43)45(47-3)31-23-39(24-32-45)35-49-36-40-25-33-46(48-4,34-26-40)44(29-11-8-12-30-44)42-21-17-38(14-6-2)18-22-42/h23-26,31-34,37-42H,5-22,27-30,35-36H2,1-4H3/t37-,38-,39-,40-,41-,42-,45-,46-. The third-order valence-electron chi connectivity index (χ3n) is 15.4. The molecule has 0 aromatic heterocycles. The molecule has 0 bridgehead atoms. The van der Waals surface area contributed by atoms with Crippen molar-refractivity contribution in [2.24, 2.45) is 46.3 Å². The molecule has 0 atom stereocenters. The predicted octanol–water partition coefficient (Wildman–Crippen LogP) is 12.4. The summed E-state index contributed by atoms with van der Waals surface area (Å²) in [5, 5.41) is 0. The first-order valence-electron chi connectivity index (χ1n) is 21.4. The largest absolute Gasteiger partial charge is 0.380 e. The van der Waals surface area contributed by atoms with E-state index in [4.69, 9.17) is 14.2 Å². The van der Waals surface area contributed by atoms with Gasteiger partial charge in [0, 0.05) is 36.9 Å². The Morgan fingerprint density at radius 1 is 0.490 bits per heavy atom. The van der Waals surface area contributed by atoms with Crippen LogP contribution in [-0.4, -0.2) is 38.6 Å². The van der Waals surface area contributed by atoms with Crippen LogP contribution in [0.1, 0.15) is 155 Å². The summed E-state index contributed by atoms with van der Waals surface area (Å²) < 4.78 is 19.7. The quantitative estimate of drug-likeness (QED) is 0.172. The van der Waals surface area contributed by atoms with Gasteiger partial charge in [-0.2, -0.15) is 0 Å². The minimum atomic E-state index is -0.269.